The molecule has 0 aliphatic rings. The fraction of sp³-hybridized carbons (Fsp3) is 0.308. The van der Waals surface area contributed by atoms with Crippen LogP contribution >= 0.6 is 11.6 Å². The highest BCUT2D eigenvalue weighted by Crippen LogP contribution is 2.29. The third kappa shape index (κ3) is 3.54. The van der Waals surface area contributed by atoms with Crippen LogP contribution in [0.15, 0.2) is 22.6 Å². The molecule has 106 valence electrons. The van der Waals surface area contributed by atoms with E-state index in [0.29, 0.717) is 30.7 Å². The predicted octanol–water partition coefficient (Wildman–Crippen LogP) is 3.33. The van der Waals surface area contributed by atoms with Crippen LogP contribution in [-0.2, 0) is 11.2 Å². The Balaban J connectivity index is 2.02. The van der Waals surface area contributed by atoms with Crippen LogP contribution in [0.2, 0.25) is 5.02 Å². The molecule has 1 aromatic carbocycles. The molecule has 0 atom stereocenters. The summed E-state index contributed by atoms with van der Waals surface area (Å²) in [6.07, 6.45) is 1.75. The minimum atomic E-state index is -0.831. The van der Waals surface area contributed by atoms with Crippen LogP contribution in [-0.4, -0.2) is 21.3 Å². The maximum atomic E-state index is 13.3. The zero-order valence-electron chi connectivity index (χ0n) is 10.5. The molecule has 0 aliphatic heterocycles. The molecule has 0 bridgehead atoms. The maximum Gasteiger partial charge on any atom is 0.303 e. The topological polar surface area (TPSA) is 76.2 Å². The number of aliphatic carboxylic acids is 1. The smallest absolute Gasteiger partial charge is 0.303 e. The second-order valence-electron chi connectivity index (χ2n) is 4.20. The summed E-state index contributed by atoms with van der Waals surface area (Å²) in [7, 11) is 0. The van der Waals surface area contributed by atoms with Crippen molar-refractivity contribution in [1.82, 2.24) is 10.2 Å². The van der Waals surface area contributed by atoms with Crippen molar-refractivity contribution >= 4 is 17.6 Å². The van der Waals surface area contributed by atoms with Gasteiger partial charge in [0, 0.05) is 12.8 Å². The molecular weight excluding hydrogens is 287 g/mol. The molecular formula is C13H12ClFN2O3. The van der Waals surface area contributed by atoms with Crippen molar-refractivity contribution in [2.45, 2.75) is 25.7 Å². The third-order valence-corrected chi connectivity index (χ3v) is 3.06. The highest BCUT2D eigenvalue weighted by molar-refractivity contribution is 6.33. The van der Waals surface area contributed by atoms with E-state index in [4.69, 9.17) is 21.1 Å². The molecule has 0 saturated heterocycles. The quantitative estimate of drug-likeness (QED) is 0.828. The summed E-state index contributed by atoms with van der Waals surface area (Å²) in [4.78, 5) is 10.4. The number of carboxylic acids is 1. The average Bonchev–Trinajstić information content (AvgIpc) is 2.86. The van der Waals surface area contributed by atoms with Crippen LogP contribution in [0.25, 0.3) is 11.5 Å². The van der Waals surface area contributed by atoms with E-state index in [1.165, 1.54) is 12.1 Å². The Morgan fingerprint density at radius 3 is 2.90 bits per heavy atom. The number of hydrogen-bond donors (Lipinski definition) is 1. The SMILES string of the molecule is O=C(O)CCCCc1nnc(-c2cccc(F)c2Cl)o1. The molecule has 0 amide bonds. The van der Waals surface area contributed by atoms with Gasteiger partial charge in [-0.15, -0.1) is 10.2 Å². The van der Waals surface area contributed by atoms with Gasteiger partial charge in [0.1, 0.15) is 5.82 Å². The van der Waals surface area contributed by atoms with E-state index in [1.807, 2.05) is 0 Å². The molecule has 5 nitrogen and oxygen atoms in total. The van der Waals surface area contributed by atoms with Crippen molar-refractivity contribution in [3.05, 3.63) is 34.9 Å². The number of unbranched alkanes of at least 4 members (excludes halogenated alkanes) is 1. The van der Waals surface area contributed by atoms with Gasteiger partial charge in [-0.2, -0.15) is 0 Å². The minimum absolute atomic E-state index is 0.0615. The van der Waals surface area contributed by atoms with Gasteiger partial charge in [-0.05, 0) is 25.0 Å². The number of benzene rings is 1. The van der Waals surface area contributed by atoms with Gasteiger partial charge in [0.25, 0.3) is 0 Å². The lowest BCUT2D eigenvalue weighted by atomic mass is 10.2. The molecule has 1 aromatic heterocycles. The fourth-order valence-electron chi connectivity index (χ4n) is 1.68. The molecule has 0 spiro atoms. The number of carbonyl (C=O) groups is 1. The van der Waals surface area contributed by atoms with Crippen molar-refractivity contribution in [1.29, 1.82) is 0 Å². The molecule has 0 radical (unpaired) electrons. The van der Waals surface area contributed by atoms with Gasteiger partial charge in [0.2, 0.25) is 11.8 Å². The van der Waals surface area contributed by atoms with Gasteiger partial charge >= 0.3 is 5.97 Å². The number of hydrogen-bond acceptors (Lipinski definition) is 4. The van der Waals surface area contributed by atoms with Crippen LogP contribution in [0.4, 0.5) is 4.39 Å². The first-order valence-corrected chi connectivity index (χ1v) is 6.44. The number of aromatic nitrogens is 2. The first-order chi connectivity index (χ1) is 9.58. The molecule has 20 heavy (non-hydrogen) atoms. The molecule has 0 aliphatic carbocycles. The monoisotopic (exact) mass is 298 g/mol. The van der Waals surface area contributed by atoms with Gasteiger partial charge < -0.3 is 9.52 Å². The Kier molecular flexibility index (Phi) is 4.68. The second kappa shape index (κ2) is 6.47. The molecule has 2 rings (SSSR count). The number of halogens is 2. The molecule has 0 saturated carbocycles. The fourth-order valence-corrected chi connectivity index (χ4v) is 1.89. The summed E-state index contributed by atoms with van der Waals surface area (Å²) in [5, 5.41) is 16.1. The third-order valence-electron chi connectivity index (χ3n) is 2.68. The van der Waals surface area contributed by atoms with E-state index in [9.17, 15) is 9.18 Å². The van der Waals surface area contributed by atoms with Crippen molar-refractivity contribution < 1.29 is 18.7 Å². The van der Waals surface area contributed by atoms with Crippen LogP contribution in [0.1, 0.15) is 25.2 Å². The van der Waals surface area contributed by atoms with Crippen LogP contribution in [0, 0.1) is 5.82 Å². The summed E-state index contributed by atoms with van der Waals surface area (Å²) in [5.41, 5.74) is 0.343. The Labute approximate surface area is 119 Å². The number of nitrogens with zero attached hydrogens (tertiary/aromatic N) is 2. The highest BCUT2D eigenvalue weighted by Gasteiger charge is 2.14. The van der Waals surface area contributed by atoms with E-state index in [2.05, 4.69) is 10.2 Å². The van der Waals surface area contributed by atoms with Gasteiger partial charge in [-0.3, -0.25) is 4.79 Å². The van der Waals surface area contributed by atoms with Crippen LogP contribution in [0.3, 0.4) is 0 Å². The van der Waals surface area contributed by atoms with E-state index in [-0.39, 0.29) is 17.3 Å². The molecule has 2 aromatic rings. The maximum absolute atomic E-state index is 13.3. The molecule has 0 fully saturated rings. The summed E-state index contributed by atoms with van der Waals surface area (Å²) in [6, 6.07) is 4.34. The Hall–Kier alpha value is -1.95. The average molecular weight is 299 g/mol. The zero-order valence-corrected chi connectivity index (χ0v) is 11.2. The van der Waals surface area contributed by atoms with Crippen molar-refractivity contribution in [3.8, 4) is 11.5 Å². The largest absolute Gasteiger partial charge is 0.481 e. The number of rotatable bonds is 6. The first kappa shape index (κ1) is 14.5. The zero-order chi connectivity index (χ0) is 14.5. The minimum Gasteiger partial charge on any atom is -0.481 e. The highest BCUT2D eigenvalue weighted by atomic mass is 35.5. The van der Waals surface area contributed by atoms with Crippen molar-refractivity contribution in [3.63, 3.8) is 0 Å². The number of carboxylic acid groups (broad SMARTS) is 1. The lowest BCUT2D eigenvalue weighted by Gasteiger charge is -1.99. The van der Waals surface area contributed by atoms with Gasteiger partial charge in [0.05, 0.1) is 10.6 Å². The van der Waals surface area contributed by atoms with Gasteiger partial charge in [0.15, 0.2) is 0 Å². The van der Waals surface area contributed by atoms with Crippen LogP contribution in [0.5, 0.6) is 0 Å². The van der Waals surface area contributed by atoms with Crippen molar-refractivity contribution in [2.75, 3.05) is 0 Å². The number of aryl methyl sites for hydroxylation is 1. The van der Waals surface area contributed by atoms with E-state index < -0.39 is 11.8 Å². The summed E-state index contributed by atoms with van der Waals surface area (Å²) >= 11 is 5.83. The summed E-state index contributed by atoms with van der Waals surface area (Å²) in [6.45, 7) is 0. The lowest BCUT2D eigenvalue weighted by molar-refractivity contribution is -0.137. The molecule has 1 heterocycles. The van der Waals surface area contributed by atoms with E-state index in [1.54, 1.807) is 6.07 Å². The Morgan fingerprint density at radius 1 is 1.35 bits per heavy atom. The van der Waals surface area contributed by atoms with Crippen LogP contribution < -0.4 is 0 Å². The summed E-state index contributed by atoms with van der Waals surface area (Å²) < 4.78 is 18.7. The normalized spacial score (nSPS) is 10.7. The first-order valence-electron chi connectivity index (χ1n) is 6.06. The molecule has 7 heteroatoms. The predicted molar refractivity (Wildman–Crippen MR) is 69.9 cm³/mol. The second-order valence-corrected chi connectivity index (χ2v) is 4.58. The standard InChI is InChI=1S/C13H12ClFN2O3/c14-12-8(4-3-5-9(12)15)13-17-16-10(20-13)6-1-2-7-11(18)19/h3-5H,1-2,6-7H2,(H,18,19). The van der Waals surface area contributed by atoms with E-state index in [0.717, 1.165) is 0 Å². The van der Waals surface area contributed by atoms with E-state index >= 15 is 0 Å². The van der Waals surface area contributed by atoms with Gasteiger partial charge in [-0.1, -0.05) is 17.7 Å². The lowest BCUT2D eigenvalue weighted by Crippen LogP contribution is -1.95. The summed E-state index contributed by atoms with van der Waals surface area (Å²) in [5.74, 6) is -0.846. The van der Waals surface area contributed by atoms with Crippen molar-refractivity contribution in [2.24, 2.45) is 0 Å². The molecule has 1 N–H and O–H groups in total. The Bertz CT molecular complexity index is 615. The van der Waals surface area contributed by atoms with Gasteiger partial charge in [-0.25, -0.2) is 4.39 Å². The molecule has 0 unspecified atom stereocenters. The Morgan fingerprint density at radius 2 is 2.15 bits per heavy atom.